The van der Waals surface area contributed by atoms with Gasteiger partial charge in [0.25, 0.3) is 0 Å². The van der Waals surface area contributed by atoms with Crippen LogP contribution in [0.2, 0.25) is 0 Å². The number of anilines is 1. The molecule has 1 N–H and O–H groups in total. The van der Waals surface area contributed by atoms with E-state index in [1.165, 1.54) is 17.0 Å². The molecule has 0 saturated carbocycles. The number of aromatic nitrogens is 1. The van der Waals surface area contributed by atoms with Gasteiger partial charge in [-0.25, -0.2) is 4.79 Å². The van der Waals surface area contributed by atoms with E-state index in [-0.39, 0.29) is 18.2 Å². The van der Waals surface area contributed by atoms with Gasteiger partial charge < -0.3 is 4.74 Å². The summed E-state index contributed by atoms with van der Waals surface area (Å²) in [7, 11) is 0. The fraction of sp³-hybridized carbons (Fsp3) is 0.133. The van der Waals surface area contributed by atoms with Crippen molar-refractivity contribution in [1.29, 1.82) is 0 Å². The number of carbonyl (C=O) groups excluding carboxylic acids is 2. The van der Waals surface area contributed by atoms with Crippen molar-refractivity contribution in [2.24, 2.45) is 0 Å². The normalized spacial score (nSPS) is 14.7. The lowest BCUT2D eigenvalue weighted by molar-refractivity contribution is -0.120. The maximum atomic E-state index is 13.0. The van der Waals surface area contributed by atoms with Crippen molar-refractivity contribution < 1.29 is 18.7 Å². The number of carbonyl (C=O) groups is 2. The molecule has 1 aliphatic rings. The number of halogens is 1. The zero-order chi connectivity index (χ0) is 15.5. The summed E-state index contributed by atoms with van der Waals surface area (Å²) >= 11 is 0. The lowest BCUT2D eigenvalue weighted by Gasteiger charge is -2.26. The van der Waals surface area contributed by atoms with Crippen LogP contribution < -0.4 is 15.0 Å². The molecule has 2 heterocycles. The summed E-state index contributed by atoms with van der Waals surface area (Å²) in [4.78, 5) is 27.9. The largest absolute Gasteiger partial charge is 0.439 e. The average molecular weight is 301 g/mol. The summed E-state index contributed by atoms with van der Waals surface area (Å²) in [6.45, 7) is 0.330. The highest BCUT2D eigenvalue weighted by atomic mass is 19.1. The number of nitrogens with zero attached hydrogens (tertiary/aromatic N) is 2. The predicted octanol–water partition coefficient (Wildman–Crippen LogP) is 2.46. The molecule has 3 amide bonds. The summed E-state index contributed by atoms with van der Waals surface area (Å²) in [5.74, 6) is -0.286. The Morgan fingerprint density at radius 2 is 1.91 bits per heavy atom. The first-order valence-electron chi connectivity index (χ1n) is 6.64. The topological polar surface area (TPSA) is 71.5 Å². The van der Waals surface area contributed by atoms with E-state index < -0.39 is 12.0 Å². The van der Waals surface area contributed by atoms with Crippen LogP contribution in [0.15, 0.2) is 42.5 Å². The van der Waals surface area contributed by atoms with Crippen LogP contribution in [0.1, 0.15) is 6.42 Å². The third kappa shape index (κ3) is 3.03. The number of amides is 3. The highest BCUT2D eigenvalue weighted by Crippen LogP contribution is 2.24. The van der Waals surface area contributed by atoms with Gasteiger partial charge >= 0.3 is 6.03 Å². The highest BCUT2D eigenvalue weighted by Gasteiger charge is 2.23. The SMILES string of the molecule is O=C1CCN(c2ccc(Oc3cccc(F)n3)cc2)C(=O)N1. The van der Waals surface area contributed by atoms with E-state index in [0.717, 1.165) is 0 Å². The first kappa shape index (κ1) is 14.0. The Morgan fingerprint density at radius 1 is 1.14 bits per heavy atom. The Bertz CT molecular complexity index is 718. The fourth-order valence-corrected chi connectivity index (χ4v) is 2.07. The van der Waals surface area contributed by atoms with Crippen molar-refractivity contribution in [3.05, 3.63) is 48.4 Å². The molecule has 7 heteroatoms. The number of imide groups is 1. The molecule has 112 valence electrons. The molecule has 2 aromatic rings. The Morgan fingerprint density at radius 3 is 2.59 bits per heavy atom. The summed E-state index contributed by atoms with van der Waals surface area (Å²) in [5.41, 5.74) is 0.643. The summed E-state index contributed by atoms with van der Waals surface area (Å²) in [5, 5.41) is 2.25. The Labute approximate surface area is 125 Å². The second-order valence-corrected chi connectivity index (χ2v) is 4.65. The third-order valence-electron chi connectivity index (χ3n) is 3.11. The van der Waals surface area contributed by atoms with E-state index in [9.17, 15) is 14.0 Å². The van der Waals surface area contributed by atoms with Gasteiger partial charge in [-0.3, -0.25) is 15.0 Å². The second-order valence-electron chi connectivity index (χ2n) is 4.65. The van der Waals surface area contributed by atoms with Crippen LogP contribution in [0.25, 0.3) is 0 Å². The standard InChI is InChI=1S/C15H12FN3O3/c16-12-2-1-3-14(17-12)22-11-6-4-10(5-7-11)19-9-8-13(20)18-15(19)21/h1-7H,8-9H2,(H,18,20,21). The number of hydrogen-bond acceptors (Lipinski definition) is 4. The van der Waals surface area contributed by atoms with E-state index in [0.29, 0.717) is 18.0 Å². The molecule has 1 aromatic heterocycles. The van der Waals surface area contributed by atoms with Crippen LogP contribution in [-0.2, 0) is 4.79 Å². The molecule has 0 spiro atoms. The molecular weight excluding hydrogens is 289 g/mol. The number of urea groups is 1. The van der Waals surface area contributed by atoms with Crippen molar-refractivity contribution in [2.75, 3.05) is 11.4 Å². The number of ether oxygens (including phenoxy) is 1. The zero-order valence-electron chi connectivity index (χ0n) is 11.5. The van der Waals surface area contributed by atoms with E-state index in [4.69, 9.17) is 4.74 Å². The molecule has 1 aromatic carbocycles. The van der Waals surface area contributed by atoms with E-state index in [2.05, 4.69) is 10.3 Å². The van der Waals surface area contributed by atoms with Crippen molar-refractivity contribution in [2.45, 2.75) is 6.42 Å². The first-order chi connectivity index (χ1) is 10.6. The maximum absolute atomic E-state index is 13.0. The van der Waals surface area contributed by atoms with E-state index in [1.54, 1.807) is 30.3 Å². The molecule has 0 unspecified atom stereocenters. The number of pyridine rings is 1. The van der Waals surface area contributed by atoms with Crippen LogP contribution in [0.5, 0.6) is 11.6 Å². The summed E-state index contributed by atoms with van der Waals surface area (Å²) in [6.07, 6.45) is 0.261. The number of rotatable bonds is 3. The number of benzene rings is 1. The van der Waals surface area contributed by atoms with Crippen molar-refractivity contribution >= 4 is 17.6 Å². The molecular formula is C15H12FN3O3. The zero-order valence-corrected chi connectivity index (χ0v) is 11.5. The van der Waals surface area contributed by atoms with Crippen LogP contribution in [0.3, 0.4) is 0 Å². The molecule has 0 atom stereocenters. The molecule has 3 rings (SSSR count). The quantitative estimate of drug-likeness (QED) is 0.884. The predicted molar refractivity (Wildman–Crippen MR) is 76.2 cm³/mol. The first-order valence-corrected chi connectivity index (χ1v) is 6.64. The Kier molecular flexibility index (Phi) is 3.69. The van der Waals surface area contributed by atoms with Gasteiger partial charge in [0.2, 0.25) is 17.7 Å². The molecule has 1 saturated heterocycles. The Balaban J connectivity index is 1.73. The van der Waals surface area contributed by atoms with E-state index >= 15 is 0 Å². The number of hydrogen-bond donors (Lipinski definition) is 1. The van der Waals surface area contributed by atoms with Gasteiger partial charge in [-0.15, -0.1) is 0 Å². The highest BCUT2D eigenvalue weighted by molar-refractivity contribution is 6.05. The Hall–Kier alpha value is -2.96. The molecule has 0 aliphatic carbocycles. The lowest BCUT2D eigenvalue weighted by Crippen LogP contribution is -2.49. The van der Waals surface area contributed by atoms with Crippen molar-refractivity contribution in [1.82, 2.24) is 10.3 Å². The molecule has 6 nitrogen and oxygen atoms in total. The molecule has 0 radical (unpaired) electrons. The second kappa shape index (κ2) is 5.80. The summed E-state index contributed by atoms with van der Waals surface area (Å²) in [6, 6.07) is 10.5. The molecule has 1 fully saturated rings. The van der Waals surface area contributed by atoms with Crippen LogP contribution in [0, 0.1) is 5.95 Å². The van der Waals surface area contributed by atoms with Gasteiger partial charge in [0, 0.05) is 24.7 Å². The maximum Gasteiger partial charge on any atom is 0.328 e. The van der Waals surface area contributed by atoms with Gasteiger partial charge in [0.15, 0.2) is 0 Å². The molecule has 1 aliphatic heterocycles. The van der Waals surface area contributed by atoms with Gasteiger partial charge in [-0.05, 0) is 30.3 Å². The lowest BCUT2D eigenvalue weighted by atomic mass is 10.2. The van der Waals surface area contributed by atoms with Crippen LogP contribution in [-0.4, -0.2) is 23.5 Å². The minimum absolute atomic E-state index is 0.147. The summed E-state index contributed by atoms with van der Waals surface area (Å²) < 4.78 is 18.4. The van der Waals surface area contributed by atoms with Crippen molar-refractivity contribution in [3.63, 3.8) is 0 Å². The minimum Gasteiger partial charge on any atom is -0.439 e. The van der Waals surface area contributed by atoms with Gasteiger partial charge in [0.1, 0.15) is 5.75 Å². The number of nitrogens with one attached hydrogen (secondary N) is 1. The molecule has 0 bridgehead atoms. The molecule has 22 heavy (non-hydrogen) atoms. The van der Waals surface area contributed by atoms with Gasteiger partial charge in [-0.2, -0.15) is 9.37 Å². The fourth-order valence-electron chi connectivity index (χ4n) is 2.07. The smallest absolute Gasteiger partial charge is 0.328 e. The van der Waals surface area contributed by atoms with Gasteiger partial charge in [-0.1, -0.05) is 6.07 Å². The average Bonchev–Trinajstić information content (AvgIpc) is 2.48. The van der Waals surface area contributed by atoms with Crippen LogP contribution >= 0.6 is 0 Å². The monoisotopic (exact) mass is 301 g/mol. The van der Waals surface area contributed by atoms with E-state index in [1.807, 2.05) is 0 Å². The van der Waals surface area contributed by atoms with Crippen molar-refractivity contribution in [3.8, 4) is 11.6 Å². The van der Waals surface area contributed by atoms with Crippen LogP contribution in [0.4, 0.5) is 14.9 Å². The van der Waals surface area contributed by atoms with Gasteiger partial charge in [0.05, 0.1) is 0 Å². The minimum atomic E-state index is -0.622. The third-order valence-corrected chi connectivity index (χ3v) is 3.11.